The summed E-state index contributed by atoms with van der Waals surface area (Å²) in [4.78, 5) is 2.49. The first-order chi connectivity index (χ1) is 9.34. The summed E-state index contributed by atoms with van der Waals surface area (Å²) in [6, 6.07) is 10.2. The van der Waals surface area contributed by atoms with Gasteiger partial charge in [0.15, 0.2) is 10.6 Å². The quantitative estimate of drug-likeness (QED) is 0.871. The van der Waals surface area contributed by atoms with Gasteiger partial charge < -0.3 is 4.90 Å². The Labute approximate surface area is 118 Å². The standard InChI is InChI=1S/C14H18N4S/c19-14-16-15-13(12-6-2-1-3-7-12)18(14)11-10-17-8-4-5-9-17/h1-3,6-7H,4-5,8-11H2,(H,16,19). The zero-order valence-electron chi connectivity index (χ0n) is 10.9. The van der Waals surface area contributed by atoms with Crippen LogP contribution < -0.4 is 0 Å². The fourth-order valence-corrected chi connectivity index (χ4v) is 2.80. The molecule has 1 saturated heterocycles. The third-order valence-corrected chi connectivity index (χ3v) is 3.94. The van der Waals surface area contributed by atoms with Crippen LogP contribution in [0.1, 0.15) is 12.8 Å². The second-order valence-corrected chi connectivity index (χ2v) is 5.31. The number of nitrogens with one attached hydrogen (secondary N) is 1. The Morgan fingerprint density at radius 1 is 1.11 bits per heavy atom. The van der Waals surface area contributed by atoms with Crippen molar-refractivity contribution in [3.8, 4) is 11.4 Å². The molecular weight excluding hydrogens is 256 g/mol. The van der Waals surface area contributed by atoms with E-state index in [1.165, 1.54) is 25.9 Å². The number of likely N-dealkylation sites (tertiary alicyclic amines) is 1. The van der Waals surface area contributed by atoms with Crippen molar-refractivity contribution in [1.29, 1.82) is 0 Å². The lowest BCUT2D eigenvalue weighted by Crippen LogP contribution is -2.24. The first-order valence-electron chi connectivity index (χ1n) is 6.77. The van der Waals surface area contributed by atoms with Gasteiger partial charge in [0.2, 0.25) is 0 Å². The van der Waals surface area contributed by atoms with Gasteiger partial charge in [-0.3, -0.25) is 9.67 Å². The minimum Gasteiger partial charge on any atom is -0.302 e. The number of aromatic nitrogens is 3. The van der Waals surface area contributed by atoms with Gasteiger partial charge in [0.05, 0.1) is 0 Å². The zero-order valence-corrected chi connectivity index (χ0v) is 11.7. The molecule has 0 amide bonds. The fourth-order valence-electron chi connectivity index (χ4n) is 2.58. The number of aromatic amines is 1. The summed E-state index contributed by atoms with van der Waals surface area (Å²) in [7, 11) is 0. The molecule has 1 aromatic heterocycles. The van der Waals surface area contributed by atoms with Crippen molar-refractivity contribution in [3.63, 3.8) is 0 Å². The Balaban J connectivity index is 1.80. The van der Waals surface area contributed by atoms with Crippen molar-refractivity contribution < 1.29 is 0 Å². The summed E-state index contributed by atoms with van der Waals surface area (Å²) in [5.74, 6) is 0.935. The largest absolute Gasteiger partial charge is 0.302 e. The maximum Gasteiger partial charge on any atom is 0.195 e. The molecule has 1 aromatic carbocycles. The van der Waals surface area contributed by atoms with Gasteiger partial charge in [0, 0.05) is 18.7 Å². The molecule has 1 aliphatic heterocycles. The number of hydrogen-bond donors (Lipinski definition) is 1. The first kappa shape index (κ1) is 12.6. The van der Waals surface area contributed by atoms with Gasteiger partial charge in [-0.05, 0) is 38.1 Å². The maximum atomic E-state index is 5.34. The molecule has 1 N–H and O–H groups in total. The molecule has 2 heterocycles. The fraction of sp³-hybridized carbons (Fsp3) is 0.429. The Morgan fingerprint density at radius 3 is 2.58 bits per heavy atom. The highest BCUT2D eigenvalue weighted by molar-refractivity contribution is 7.71. The molecule has 5 heteroatoms. The molecule has 0 saturated carbocycles. The molecule has 0 bridgehead atoms. The van der Waals surface area contributed by atoms with Gasteiger partial charge in [-0.15, -0.1) is 0 Å². The van der Waals surface area contributed by atoms with E-state index in [0.717, 1.165) is 24.5 Å². The second-order valence-electron chi connectivity index (χ2n) is 4.92. The maximum absolute atomic E-state index is 5.34. The normalized spacial score (nSPS) is 16.0. The van der Waals surface area contributed by atoms with Crippen LogP contribution in [-0.4, -0.2) is 39.3 Å². The molecule has 0 radical (unpaired) electrons. The predicted octanol–water partition coefficient (Wildman–Crippen LogP) is 2.70. The smallest absolute Gasteiger partial charge is 0.195 e. The van der Waals surface area contributed by atoms with Crippen molar-refractivity contribution in [2.24, 2.45) is 0 Å². The van der Waals surface area contributed by atoms with Crippen molar-refractivity contribution >= 4 is 12.2 Å². The van der Waals surface area contributed by atoms with Gasteiger partial charge in [-0.2, -0.15) is 5.10 Å². The summed E-state index contributed by atoms with van der Waals surface area (Å²) in [5, 5.41) is 7.27. The average Bonchev–Trinajstić information content (AvgIpc) is 3.07. The van der Waals surface area contributed by atoms with E-state index in [2.05, 4.69) is 31.8 Å². The Bertz CT molecular complexity index is 581. The topological polar surface area (TPSA) is 36.9 Å². The Morgan fingerprint density at radius 2 is 1.84 bits per heavy atom. The number of nitrogens with zero attached hydrogens (tertiary/aromatic N) is 3. The highest BCUT2D eigenvalue weighted by atomic mass is 32.1. The van der Waals surface area contributed by atoms with Crippen molar-refractivity contribution in [1.82, 2.24) is 19.7 Å². The van der Waals surface area contributed by atoms with Gasteiger partial charge in [-0.1, -0.05) is 30.3 Å². The molecule has 4 nitrogen and oxygen atoms in total. The number of benzene rings is 1. The van der Waals surface area contributed by atoms with Crippen molar-refractivity contribution in [3.05, 3.63) is 35.1 Å². The Kier molecular flexibility index (Phi) is 3.75. The van der Waals surface area contributed by atoms with E-state index in [1.54, 1.807) is 0 Å². The first-order valence-corrected chi connectivity index (χ1v) is 7.18. The highest BCUT2D eigenvalue weighted by Crippen LogP contribution is 2.17. The second kappa shape index (κ2) is 5.67. The van der Waals surface area contributed by atoms with Gasteiger partial charge in [-0.25, -0.2) is 0 Å². The van der Waals surface area contributed by atoms with Crippen LogP contribution in [0.15, 0.2) is 30.3 Å². The average molecular weight is 274 g/mol. The van der Waals surface area contributed by atoms with Crippen LogP contribution in [0.3, 0.4) is 0 Å². The zero-order chi connectivity index (χ0) is 13.1. The van der Waals surface area contributed by atoms with E-state index >= 15 is 0 Å². The SMILES string of the molecule is S=c1[nH]nc(-c2ccccc2)n1CCN1CCCC1. The lowest BCUT2D eigenvalue weighted by atomic mass is 10.2. The van der Waals surface area contributed by atoms with Crippen molar-refractivity contribution in [2.45, 2.75) is 19.4 Å². The monoisotopic (exact) mass is 274 g/mol. The molecule has 2 aromatic rings. The molecule has 1 fully saturated rings. The molecule has 0 aliphatic carbocycles. The van der Waals surface area contributed by atoms with Crippen LogP contribution in [0.2, 0.25) is 0 Å². The molecule has 1 aliphatic rings. The van der Waals surface area contributed by atoms with Crippen LogP contribution in [0.5, 0.6) is 0 Å². The summed E-state index contributed by atoms with van der Waals surface area (Å²) in [6.45, 7) is 4.38. The highest BCUT2D eigenvalue weighted by Gasteiger charge is 2.13. The van der Waals surface area contributed by atoms with E-state index in [4.69, 9.17) is 12.2 Å². The van der Waals surface area contributed by atoms with Crippen LogP contribution in [0.4, 0.5) is 0 Å². The van der Waals surface area contributed by atoms with Crippen LogP contribution in [-0.2, 0) is 6.54 Å². The van der Waals surface area contributed by atoms with E-state index in [0.29, 0.717) is 4.77 Å². The molecule has 100 valence electrons. The minimum atomic E-state index is 0.707. The third-order valence-electron chi connectivity index (χ3n) is 3.63. The molecule has 0 spiro atoms. The lowest BCUT2D eigenvalue weighted by Gasteiger charge is -2.15. The van der Waals surface area contributed by atoms with E-state index in [-0.39, 0.29) is 0 Å². The van der Waals surface area contributed by atoms with Crippen LogP contribution in [0, 0.1) is 4.77 Å². The molecular formula is C14H18N4S. The van der Waals surface area contributed by atoms with E-state index < -0.39 is 0 Å². The summed E-state index contributed by atoms with van der Waals surface area (Å²) in [6.07, 6.45) is 2.64. The molecule has 0 unspecified atom stereocenters. The third kappa shape index (κ3) is 2.77. The summed E-state index contributed by atoms with van der Waals surface area (Å²) < 4.78 is 2.81. The van der Waals surface area contributed by atoms with E-state index in [9.17, 15) is 0 Å². The van der Waals surface area contributed by atoms with Gasteiger partial charge in [0.1, 0.15) is 0 Å². The minimum absolute atomic E-state index is 0.707. The predicted molar refractivity (Wildman–Crippen MR) is 78.5 cm³/mol. The number of hydrogen-bond acceptors (Lipinski definition) is 3. The molecule has 3 rings (SSSR count). The molecule has 0 atom stereocenters. The summed E-state index contributed by atoms with van der Waals surface area (Å²) >= 11 is 5.34. The van der Waals surface area contributed by atoms with Crippen LogP contribution in [0.25, 0.3) is 11.4 Å². The lowest BCUT2D eigenvalue weighted by molar-refractivity contribution is 0.322. The number of rotatable bonds is 4. The van der Waals surface area contributed by atoms with E-state index in [1.807, 2.05) is 18.2 Å². The summed E-state index contributed by atoms with van der Waals surface area (Å²) in [5.41, 5.74) is 1.11. The van der Waals surface area contributed by atoms with Crippen molar-refractivity contribution in [2.75, 3.05) is 19.6 Å². The van der Waals surface area contributed by atoms with Gasteiger partial charge in [0.25, 0.3) is 0 Å². The van der Waals surface area contributed by atoms with Crippen LogP contribution >= 0.6 is 12.2 Å². The number of H-pyrrole nitrogens is 1. The van der Waals surface area contributed by atoms with Gasteiger partial charge >= 0.3 is 0 Å². The molecule has 19 heavy (non-hydrogen) atoms. The Hall–Kier alpha value is -1.46.